The lowest BCUT2D eigenvalue weighted by atomic mass is 10.2. The van der Waals surface area contributed by atoms with Crippen molar-refractivity contribution < 1.29 is 18.4 Å². The van der Waals surface area contributed by atoms with E-state index in [2.05, 4.69) is 33.9 Å². The van der Waals surface area contributed by atoms with Crippen molar-refractivity contribution >= 4 is 26.3 Å². The lowest BCUT2D eigenvalue weighted by molar-refractivity contribution is -0.120. The van der Waals surface area contributed by atoms with E-state index in [1.165, 1.54) is 0 Å². The third kappa shape index (κ3) is 5.06. The van der Waals surface area contributed by atoms with Crippen LogP contribution in [0.5, 0.6) is 5.75 Å². The van der Waals surface area contributed by atoms with E-state index in [1.807, 2.05) is 34.6 Å². The Balaban J connectivity index is 1.85. The van der Waals surface area contributed by atoms with E-state index in [4.69, 9.17) is 13.6 Å². The molecule has 0 aliphatic carbocycles. The predicted molar refractivity (Wildman–Crippen MR) is 99.0 cm³/mol. The van der Waals surface area contributed by atoms with E-state index < -0.39 is 8.32 Å². The number of carbonyl (C=O) groups excluding carboxylic acids is 1. The highest BCUT2D eigenvalue weighted by Gasteiger charge is 2.40. The zero-order chi connectivity index (χ0) is 17.8. The van der Waals surface area contributed by atoms with Gasteiger partial charge in [-0.05, 0) is 30.3 Å². The smallest absolute Gasteiger partial charge is 0.192 e. The molecule has 0 amide bonds. The maximum absolute atomic E-state index is 12.2. The summed E-state index contributed by atoms with van der Waals surface area (Å²) in [5.41, 5.74) is 0. The summed E-state index contributed by atoms with van der Waals surface area (Å²) in [4.78, 5) is 17.4. The van der Waals surface area contributed by atoms with Crippen molar-refractivity contribution in [2.75, 3.05) is 13.2 Å². The Morgan fingerprint density at radius 3 is 2.54 bits per heavy atom. The number of carbonyl (C=O) groups is 1. The number of benzene rings is 1. The first-order valence-electron chi connectivity index (χ1n) is 8.20. The molecule has 1 fully saturated rings. The molecule has 0 N–H and O–H groups in total. The van der Waals surface area contributed by atoms with Gasteiger partial charge in [-0.3, -0.25) is 4.79 Å². The molecule has 0 aromatic heterocycles. The van der Waals surface area contributed by atoms with Crippen molar-refractivity contribution in [3.05, 3.63) is 30.3 Å². The van der Waals surface area contributed by atoms with Crippen molar-refractivity contribution in [3.63, 3.8) is 0 Å². The fourth-order valence-electron chi connectivity index (χ4n) is 2.04. The highest BCUT2D eigenvalue weighted by atomic mass is 32.2. The van der Waals surface area contributed by atoms with Crippen LogP contribution in [0.25, 0.3) is 0 Å². The molecule has 0 bridgehead atoms. The molecule has 1 aromatic rings. The molecule has 0 radical (unpaired) electrons. The average molecular weight is 370 g/mol. The lowest BCUT2D eigenvalue weighted by Gasteiger charge is -2.37. The second-order valence-corrected chi connectivity index (χ2v) is 13.0. The summed E-state index contributed by atoms with van der Waals surface area (Å²) in [6.45, 7) is 12.0. The standard InChI is InChI=1S/C17H27NO4SSi/c1-17(2,3)24(4,5)20-13-15-16(19)11-12-18(15)23-22-21-14-9-7-6-8-10-14/h6-10,15H,11-13H2,1-5H3. The Kier molecular flexibility index (Phi) is 6.50. The van der Waals surface area contributed by atoms with Crippen LogP contribution in [0.15, 0.2) is 30.3 Å². The summed E-state index contributed by atoms with van der Waals surface area (Å²) in [6, 6.07) is 9.01. The third-order valence-corrected chi connectivity index (χ3v) is 9.96. The molecule has 7 heteroatoms. The average Bonchev–Trinajstić information content (AvgIpc) is 2.86. The maximum Gasteiger partial charge on any atom is 0.192 e. The van der Waals surface area contributed by atoms with E-state index in [0.717, 1.165) is 12.2 Å². The van der Waals surface area contributed by atoms with Crippen LogP contribution in [0.2, 0.25) is 18.1 Å². The molecule has 134 valence electrons. The van der Waals surface area contributed by atoms with Crippen molar-refractivity contribution in [1.29, 1.82) is 0 Å². The monoisotopic (exact) mass is 369 g/mol. The van der Waals surface area contributed by atoms with Crippen LogP contribution < -0.4 is 4.89 Å². The Morgan fingerprint density at radius 2 is 1.92 bits per heavy atom. The fourth-order valence-corrected chi connectivity index (χ4v) is 3.68. The molecule has 0 saturated carbocycles. The molecule has 1 saturated heterocycles. The van der Waals surface area contributed by atoms with Gasteiger partial charge >= 0.3 is 0 Å². The van der Waals surface area contributed by atoms with E-state index in [-0.39, 0.29) is 16.9 Å². The number of para-hydroxylation sites is 1. The SMILES string of the molecule is CC(C)(C)[Si](C)(C)OCC1C(=O)CCN1SOOc1ccccc1. The van der Waals surface area contributed by atoms with Crippen LogP contribution in [0, 0.1) is 0 Å². The zero-order valence-electron chi connectivity index (χ0n) is 15.1. The van der Waals surface area contributed by atoms with E-state index in [9.17, 15) is 4.79 Å². The van der Waals surface area contributed by atoms with Gasteiger partial charge in [0.1, 0.15) is 18.3 Å². The highest BCUT2D eigenvalue weighted by molar-refractivity contribution is 7.92. The minimum Gasteiger partial charge on any atom is -0.415 e. The highest BCUT2D eigenvalue weighted by Crippen LogP contribution is 2.37. The van der Waals surface area contributed by atoms with Crippen molar-refractivity contribution in [2.24, 2.45) is 0 Å². The summed E-state index contributed by atoms with van der Waals surface area (Å²) >= 11 is 1.07. The molecule has 1 aromatic carbocycles. The molecule has 1 atom stereocenters. The van der Waals surface area contributed by atoms with Gasteiger partial charge in [-0.1, -0.05) is 43.3 Å². The predicted octanol–water partition coefficient (Wildman–Crippen LogP) is 4.23. The van der Waals surface area contributed by atoms with E-state index in [1.54, 1.807) is 0 Å². The normalized spacial score (nSPS) is 19.7. The molecule has 1 aliphatic rings. The molecule has 0 spiro atoms. The Bertz CT molecular complexity index is 547. The summed E-state index contributed by atoms with van der Waals surface area (Å²) in [6.07, 6.45) is 0.521. The van der Waals surface area contributed by atoms with Crippen molar-refractivity contribution in [1.82, 2.24) is 4.31 Å². The topological polar surface area (TPSA) is 48.0 Å². The van der Waals surface area contributed by atoms with Crippen molar-refractivity contribution in [2.45, 2.75) is 51.4 Å². The van der Waals surface area contributed by atoms with E-state index in [0.29, 0.717) is 25.3 Å². The first-order chi connectivity index (χ1) is 11.2. The number of rotatable bonds is 7. The molecule has 1 aliphatic heterocycles. The van der Waals surface area contributed by atoms with Crippen LogP contribution in [0.1, 0.15) is 27.2 Å². The molecular formula is C17H27NO4SSi. The van der Waals surface area contributed by atoms with E-state index >= 15 is 0 Å². The van der Waals surface area contributed by atoms with Gasteiger partial charge < -0.3 is 9.31 Å². The van der Waals surface area contributed by atoms with Gasteiger partial charge in [-0.2, -0.15) is 0 Å². The van der Waals surface area contributed by atoms with Crippen LogP contribution in [-0.4, -0.2) is 37.6 Å². The minimum atomic E-state index is -1.88. The third-order valence-electron chi connectivity index (χ3n) is 4.71. The number of nitrogens with zero attached hydrogens (tertiary/aromatic N) is 1. The van der Waals surface area contributed by atoms with Crippen LogP contribution in [0.3, 0.4) is 0 Å². The molecule has 1 unspecified atom stereocenters. The number of hydrogen-bond acceptors (Lipinski definition) is 6. The number of ketones is 1. The van der Waals surface area contributed by atoms with Crippen LogP contribution >= 0.6 is 12.2 Å². The van der Waals surface area contributed by atoms with Gasteiger partial charge in [-0.15, -0.1) is 0 Å². The molecule has 24 heavy (non-hydrogen) atoms. The van der Waals surface area contributed by atoms with Crippen LogP contribution in [0.4, 0.5) is 0 Å². The summed E-state index contributed by atoms with van der Waals surface area (Å²) < 4.78 is 13.3. The zero-order valence-corrected chi connectivity index (χ0v) is 16.9. The van der Waals surface area contributed by atoms with Gasteiger partial charge in [0.05, 0.1) is 6.61 Å². The Labute approximate surface area is 150 Å². The van der Waals surface area contributed by atoms with Gasteiger partial charge in [0, 0.05) is 13.0 Å². The Hall–Kier alpha value is -0.863. The first kappa shape index (κ1) is 19.5. The number of Topliss-reactive ketones (excluding diaryl/α,β-unsaturated/α-hetero) is 1. The number of hydrogen-bond donors (Lipinski definition) is 0. The molecule has 2 rings (SSSR count). The second-order valence-electron chi connectivity index (χ2n) is 7.48. The molecule has 1 heterocycles. The maximum atomic E-state index is 12.2. The summed E-state index contributed by atoms with van der Waals surface area (Å²) in [5, 5.41) is 0.125. The fraction of sp³-hybridized carbons (Fsp3) is 0.588. The largest absolute Gasteiger partial charge is 0.415 e. The van der Waals surface area contributed by atoms with Crippen molar-refractivity contribution in [3.8, 4) is 5.75 Å². The molecular weight excluding hydrogens is 342 g/mol. The van der Waals surface area contributed by atoms with Gasteiger partial charge in [0.2, 0.25) is 0 Å². The minimum absolute atomic E-state index is 0.125. The first-order valence-corrected chi connectivity index (χ1v) is 11.8. The Morgan fingerprint density at radius 1 is 1.25 bits per heavy atom. The van der Waals surface area contributed by atoms with Crippen LogP contribution in [-0.2, 0) is 13.6 Å². The summed E-state index contributed by atoms with van der Waals surface area (Å²) in [7, 11) is -1.88. The summed E-state index contributed by atoms with van der Waals surface area (Å²) in [5.74, 6) is 0.828. The van der Waals surface area contributed by atoms with Gasteiger partial charge in [0.15, 0.2) is 19.9 Å². The lowest BCUT2D eigenvalue weighted by Crippen LogP contribution is -2.45. The second kappa shape index (κ2) is 8.01. The molecule has 5 nitrogen and oxygen atoms in total. The van der Waals surface area contributed by atoms with Gasteiger partial charge in [-0.25, -0.2) is 4.31 Å². The van der Waals surface area contributed by atoms with Gasteiger partial charge in [0.25, 0.3) is 0 Å². The quantitative estimate of drug-likeness (QED) is 0.236.